The summed E-state index contributed by atoms with van der Waals surface area (Å²) in [5.41, 5.74) is 1.37. The van der Waals surface area contributed by atoms with E-state index in [0.29, 0.717) is 31.2 Å². The predicted molar refractivity (Wildman–Crippen MR) is 83.6 cm³/mol. The second-order valence-electron chi connectivity index (χ2n) is 6.08. The Kier molecular flexibility index (Phi) is 4.49. The SMILES string of the molecule is CN(Cc1cccn1C)C(=O)c1coc(CN2CCC(O)C2)n1. The van der Waals surface area contributed by atoms with E-state index < -0.39 is 0 Å². The molecule has 7 heteroatoms. The summed E-state index contributed by atoms with van der Waals surface area (Å²) in [6.07, 6.45) is 3.85. The van der Waals surface area contributed by atoms with Crippen molar-refractivity contribution in [3.05, 3.63) is 41.9 Å². The number of aromatic nitrogens is 2. The minimum Gasteiger partial charge on any atom is -0.447 e. The molecule has 7 nitrogen and oxygen atoms in total. The summed E-state index contributed by atoms with van der Waals surface area (Å²) in [5, 5.41) is 9.53. The van der Waals surface area contributed by atoms with Crippen LogP contribution in [0.15, 0.2) is 29.0 Å². The van der Waals surface area contributed by atoms with Crippen molar-refractivity contribution in [2.75, 3.05) is 20.1 Å². The van der Waals surface area contributed by atoms with E-state index >= 15 is 0 Å². The largest absolute Gasteiger partial charge is 0.447 e. The maximum atomic E-state index is 12.4. The molecule has 1 aliphatic rings. The zero-order valence-corrected chi connectivity index (χ0v) is 13.5. The van der Waals surface area contributed by atoms with E-state index in [-0.39, 0.29) is 12.0 Å². The third-order valence-electron chi connectivity index (χ3n) is 4.17. The van der Waals surface area contributed by atoms with E-state index in [1.54, 1.807) is 11.9 Å². The van der Waals surface area contributed by atoms with E-state index in [2.05, 4.69) is 9.88 Å². The van der Waals surface area contributed by atoms with Gasteiger partial charge < -0.3 is 19.0 Å². The molecule has 0 bridgehead atoms. The highest BCUT2D eigenvalue weighted by Gasteiger charge is 2.23. The Morgan fingerprint density at radius 3 is 3.04 bits per heavy atom. The first kappa shape index (κ1) is 15.8. The molecule has 0 radical (unpaired) electrons. The van der Waals surface area contributed by atoms with Crippen molar-refractivity contribution in [3.8, 4) is 0 Å². The Morgan fingerprint density at radius 1 is 1.57 bits per heavy atom. The average molecular weight is 318 g/mol. The minimum absolute atomic E-state index is 0.164. The van der Waals surface area contributed by atoms with Crippen LogP contribution in [0.2, 0.25) is 0 Å². The van der Waals surface area contributed by atoms with Gasteiger partial charge in [-0.2, -0.15) is 0 Å². The molecule has 23 heavy (non-hydrogen) atoms. The Labute approximate surface area is 135 Å². The van der Waals surface area contributed by atoms with Gasteiger partial charge in [-0.1, -0.05) is 0 Å². The molecule has 3 rings (SSSR count). The number of likely N-dealkylation sites (tertiary alicyclic amines) is 1. The molecule has 2 aromatic heterocycles. The van der Waals surface area contributed by atoms with Crippen LogP contribution < -0.4 is 0 Å². The van der Waals surface area contributed by atoms with Gasteiger partial charge in [-0.25, -0.2) is 4.98 Å². The van der Waals surface area contributed by atoms with Crippen LogP contribution in [0.5, 0.6) is 0 Å². The number of aryl methyl sites for hydroxylation is 1. The monoisotopic (exact) mass is 318 g/mol. The number of rotatable bonds is 5. The third-order valence-corrected chi connectivity index (χ3v) is 4.17. The molecule has 1 amide bonds. The van der Waals surface area contributed by atoms with Gasteiger partial charge in [0.2, 0.25) is 5.89 Å². The van der Waals surface area contributed by atoms with Crippen molar-refractivity contribution in [2.45, 2.75) is 25.6 Å². The first-order valence-electron chi connectivity index (χ1n) is 7.73. The lowest BCUT2D eigenvalue weighted by Gasteiger charge is -2.16. The van der Waals surface area contributed by atoms with Crippen LogP contribution in [0, 0.1) is 0 Å². The lowest BCUT2D eigenvalue weighted by Crippen LogP contribution is -2.27. The molecule has 1 atom stereocenters. The second kappa shape index (κ2) is 6.55. The number of amides is 1. The molecule has 1 saturated heterocycles. The average Bonchev–Trinajstić information content (AvgIpc) is 3.23. The molecule has 0 saturated carbocycles. The maximum absolute atomic E-state index is 12.4. The van der Waals surface area contributed by atoms with Gasteiger partial charge in [0.15, 0.2) is 5.69 Å². The van der Waals surface area contributed by atoms with E-state index in [4.69, 9.17) is 4.42 Å². The van der Waals surface area contributed by atoms with Gasteiger partial charge >= 0.3 is 0 Å². The van der Waals surface area contributed by atoms with E-state index in [0.717, 1.165) is 18.7 Å². The quantitative estimate of drug-likeness (QED) is 0.885. The number of hydrogen-bond donors (Lipinski definition) is 1. The number of aliphatic hydroxyl groups is 1. The van der Waals surface area contributed by atoms with Crippen LogP contribution in [0.25, 0.3) is 0 Å². The van der Waals surface area contributed by atoms with Gasteiger partial charge in [0.1, 0.15) is 6.26 Å². The zero-order chi connectivity index (χ0) is 16.4. The zero-order valence-electron chi connectivity index (χ0n) is 13.5. The van der Waals surface area contributed by atoms with Crippen LogP contribution in [-0.4, -0.2) is 56.6 Å². The third kappa shape index (κ3) is 3.62. The molecule has 1 fully saturated rings. The van der Waals surface area contributed by atoms with E-state index in [1.165, 1.54) is 6.26 Å². The molecular weight excluding hydrogens is 296 g/mol. The van der Waals surface area contributed by atoms with Crippen LogP contribution in [0.1, 0.15) is 28.5 Å². The lowest BCUT2D eigenvalue weighted by molar-refractivity contribution is 0.0776. The van der Waals surface area contributed by atoms with Crippen molar-refractivity contribution in [3.63, 3.8) is 0 Å². The van der Waals surface area contributed by atoms with Gasteiger partial charge in [0.25, 0.3) is 5.91 Å². The number of carbonyl (C=O) groups is 1. The number of oxazole rings is 1. The van der Waals surface area contributed by atoms with Crippen molar-refractivity contribution in [2.24, 2.45) is 7.05 Å². The Morgan fingerprint density at radius 2 is 2.39 bits per heavy atom. The molecule has 124 valence electrons. The first-order valence-corrected chi connectivity index (χ1v) is 7.73. The fourth-order valence-corrected chi connectivity index (χ4v) is 2.80. The maximum Gasteiger partial charge on any atom is 0.275 e. The molecule has 1 aliphatic heterocycles. The summed E-state index contributed by atoms with van der Waals surface area (Å²) in [5.74, 6) is 0.345. The van der Waals surface area contributed by atoms with Gasteiger partial charge in [0.05, 0.1) is 19.2 Å². The molecule has 0 spiro atoms. The normalized spacial score (nSPS) is 18.5. The highest BCUT2D eigenvalue weighted by atomic mass is 16.3. The number of hydrogen-bond acceptors (Lipinski definition) is 5. The summed E-state index contributed by atoms with van der Waals surface area (Å²) in [6, 6.07) is 3.93. The van der Waals surface area contributed by atoms with Crippen LogP contribution in [-0.2, 0) is 20.1 Å². The van der Waals surface area contributed by atoms with Crippen molar-refractivity contribution in [1.29, 1.82) is 0 Å². The van der Waals surface area contributed by atoms with Crippen LogP contribution in [0.3, 0.4) is 0 Å². The van der Waals surface area contributed by atoms with Crippen LogP contribution in [0.4, 0.5) is 0 Å². The fraction of sp³-hybridized carbons (Fsp3) is 0.500. The molecule has 0 aromatic carbocycles. The molecule has 1 N–H and O–H groups in total. The summed E-state index contributed by atoms with van der Waals surface area (Å²) < 4.78 is 7.39. The van der Waals surface area contributed by atoms with Crippen molar-refractivity contribution in [1.82, 2.24) is 19.4 Å². The minimum atomic E-state index is -0.275. The summed E-state index contributed by atoms with van der Waals surface area (Å²) >= 11 is 0. The van der Waals surface area contributed by atoms with Gasteiger partial charge in [0, 0.05) is 39.1 Å². The highest BCUT2D eigenvalue weighted by molar-refractivity contribution is 5.91. The molecule has 2 aromatic rings. The topological polar surface area (TPSA) is 74.7 Å². The van der Waals surface area contributed by atoms with Gasteiger partial charge in [-0.3, -0.25) is 9.69 Å². The Balaban J connectivity index is 1.60. The van der Waals surface area contributed by atoms with E-state index in [1.807, 2.05) is 29.9 Å². The van der Waals surface area contributed by atoms with E-state index in [9.17, 15) is 9.90 Å². The number of nitrogens with zero attached hydrogens (tertiary/aromatic N) is 4. The standard InChI is InChI=1S/C16H22N4O3/c1-18-6-3-4-12(18)8-19(2)16(22)14-11-23-15(17-14)10-20-7-5-13(21)9-20/h3-4,6,11,13,21H,5,7-10H2,1-2H3. The summed E-state index contributed by atoms with van der Waals surface area (Å²) in [7, 11) is 3.70. The van der Waals surface area contributed by atoms with Crippen LogP contribution >= 0.6 is 0 Å². The van der Waals surface area contributed by atoms with Crippen molar-refractivity contribution >= 4 is 5.91 Å². The number of carbonyl (C=O) groups excluding carboxylic acids is 1. The Bertz CT molecular complexity index is 678. The highest BCUT2D eigenvalue weighted by Crippen LogP contribution is 2.14. The first-order chi connectivity index (χ1) is 11.0. The lowest BCUT2D eigenvalue weighted by atomic mass is 10.3. The molecule has 3 heterocycles. The summed E-state index contributed by atoms with van der Waals surface area (Å²) in [4.78, 5) is 20.4. The smallest absolute Gasteiger partial charge is 0.275 e. The summed E-state index contributed by atoms with van der Waals surface area (Å²) in [6.45, 7) is 2.48. The number of aliphatic hydroxyl groups excluding tert-OH is 1. The van der Waals surface area contributed by atoms with Gasteiger partial charge in [-0.15, -0.1) is 0 Å². The van der Waals surface area contributed by atoms with Crippen molar-refractivity contribution < 1.29 is 14.3 Å². The fourth-order valence-electron chi connectivity index (χ4n) is 2.80. The molecule has 1 unspecified atom stereocenters. The predicted octanol–water partition coefficient (Wildman–Crippen LogP) is 0.852. The van der Waals surface area contributed by atoms with Gasteiger partial charge in [-0.05, 0) is 18.6 Å². The Hall–Kier alpha value is -2.12. The molecule has 0 aliphatic carbocycles. The molecular formula is C16H22N4O3. The number of β-amino-alcohol motifs (C(OH)–C–C–N with tert-alkyl or cyclic N) is 1. The second-order valence-corrected chi connectivity index (χ2v) is 6.08.